The molecule has 4 heterocycles. The summed E-state index contributed by atoms with van der Waals surface area (Å²) in [6.07, 6.45) is 9.60. The number of carbonyl (C=O) groups is 1. The first kappa shape index (κ1) is 19.7. The maximum Gasteiger partial charge on any atom is 0.223 e. The van der Waals surface area contributed by atoms with Gasteiger partial charge in [-0.3, -0.25) is 9.20 Å². The fraction of sp³-hybridized carbons (Fsp3) is 0.417. The van der Waals surface area contributed by atoms with Gasteiger partial charge in [0.2, 0.25) is 5.91 Å². The van der Waals surface area contributed by atoms with Gasteiger partial charge in [0.05, 0.1) is 5.69 Å². The average molecular weight is 417 g/mol. The number of rotatable bonds is 4. The minimum Gasteiger partial charge on any atom is -0.343 e. The van der Waals surface area contributed by atoms with E-state index in [-0.39, 0.29) is 5.91 Å². The topological polar surface area (TPSA) is 67.8 Å². The molecule has 7 heteroatoms. The largest absolute Gasteiger partial charge is 0.343 e. The average Bonchev–Trinajstić information content (AvgIpc) is 3.28. The fourth-order valence-electron chi connectivity index (χ4n) is 4.37. The van der Waals surface area contributed by atoms with Crippen molar-refractivity contribution in [2.45, 2.75) is 52.4 Å². The fourth-order valence-corrected chi connectivity index (χ4v) is 4.37. The normalized spacial score (nSPS) is 15.0. The van der Waals surface area contributed by atoms with Crippen LogP contribution in [-0.4, -0.2) is 48.1 Å². The van der Waals surface area contributed by atoms with Gasteiger partial charge in [-0.1, -0.05) is 25.0 Å². The highest BCUT2D eigenvalue weighted by molar-refractivity contribution is 5.78. The van der Waals surface area contributed by atoms with Gasteiger partial charge in [0.25, 0.3) is 0 Å². The molecule has 0 saturated carbocycles. The SMILES string of the molecule is Cc1ccc(-c2cc3c4nnc(CCC(=O)N5CCCCCC5)n4ccn3n2)cc1C. The second-order valence-electron chi connectivity index (χ2n) is 8.56. The third-order valence-electron chi connectivity index (χ3n) is 6.41. The van der Waals surface area contributed by atoms with Crippen molar-refractivity contribution in [2.75, 3.05) is 13.1 Å². The van der Waals surface area contributed by atoms with Gasteiger partial charge in [0, 0.05) is 43.9 Å². The molecule has 5 rings (SSSR count). The van der Waals surface area contributed by atoms with Crippen LogP contribution in [0.15, 0.2) is 36.7 Å². The molecule has 1 aliphatic rings. The molecule has 0 radical (unpaired) electrons. The first-order valence-electron chi connectivity index (χ1n) is 11.2. The van der Waals surface area contributed by atoms with Crippen LogP contribution in [-0.2, 0) is 11.2 Å². The lowest BCUT2D eigenvalue weighted by molar-refractivity contribution is -0.131. The Labute approximate surface area is 181 Å². The smallest absolute Gasteiger partial charge is 0.223 e. The van der Waals surface area contributed by atoms with Crippen molar-refractivity contribution in [3.8, 4) is 11.3 Å². The lowest BCUT2D eigenvalue weighted by atomic mass is 10.0. The lowest BCUT2D eigenvalue weighted by Gasteiger charge is -2.19. The van der Waals surface area contributed by atoms with Crippen LogP contribution in [0, 0.1) is 13.8 Å². The summed E-state index contributed by atoms with van der Waals surface area (Å²) in [6.45, 7) is 6.00. The number of hydrogen-bond acceptors (Lipinski definition) is 4. The van der Waals surface area contributed by atoms with Crippen LogP contribution in [0.4, 0.5) is 0 Å². The first-order valence-corrected chi connectivity index (χ1v) is 11.2. The third-order valence-corrected chi connectivity index (χ3v) is 6.41. The highest BCUT2D eigenvalue weighted by Crippen LogP contribution is 2.24. The molecule has 7 nitrogen and oxygen atoms in total. The summed E-state index contributed by atoms with van der Waals surface area (Å²) in [4.78, 5) is 14.7. The number of fused-ring (bicyclic) bond motifs is 3. The minimum absolute atomic E-state index is 0.223. The Morgan fingerprint density at radius 3 is 2.55 bits per heavy atom. The molecule has 31 heavy (non-hydrogen) atoms. The van der Waals surface area contributed by atoms with Crippen molar-refractivity contribution in [1.82, 2.24) is 29.1 Å². The van der Waals surface area contributed by atoms with E-state index >= 15 is 0 Å². The molecule has 0 aliphatic carbocycles. The number of benzene rings is 1. The zero-order valence-corrected chi connectivity index (χ0v) is 18.2. The molecule has 1 saturated heterocycles. The van der Waals surface area contributed by atoms with E-state index in [2.05, 4.69) is 48.3 Å². The van der Waals surface area contributed by atoms with E-state index in [4.69, 9.17) is 5.10 Å². The molecule has 0 unspecified atom stereocenters. The van der Waals surface area contributed by atoms with Crippen molar-refractivity contribution in [3.05, 3.63) is 53.6 Å². The molecular formula is C24H28N6O. The quantitative estimate of drug-likeness (QED) is 0.504. The summed E-state index contributed by atoms with van der Waals surface area (Å²) in [7, 11) is 0. The van der Waals surface area contributed by atoms with Gasteiger partial charge in [-0.15, -0.1) is 10.2 Å². The Morgan fingerprint density at radius 2 is 1.77 bits per heavy atom. The molecule has 1 amide bonds. The Hall–Kier alpha value is -3.22. The minimum atomic E-state index is 0.223. The lowest BCUT2D eigenvalue weighted by Crippen LogP contribution is -2.32. The number of likely N-dealkylation sites (tertiary alicyclic amines) is 1. The zero-order chi connectivity index (χ0) is 21.4. The zero-order valence-electron chi connectivity index (χ0n) is 18.2. The highest BCUT2D eigenvalue weighted by atomic mass is 16.2. The molecule has 0 spiro atoms. The van der Waals surface area contributed by atoms with E-state index in [1.165, 1.54) is 24.0 Å². The Morgan fingerprint density at radius 1 is 0.968 bits per heavy atom. The van der Waals surface area contributed by atoms with Crippen LogP contribution in [0.1, 0.15) is 49.1 Å². The summed E-state index contributed by atoms with van der Waals surface area (Å²) in [5, 5.41) is 13.5. The van der Waals surface area contributed by atoms with Gasteiger partial charge in [-0.2, -0.15) is 5.10 Å². The second-order valence-corrected chi connectivity index (χ2v) is 8.56. The maximum atomic E-state index is 12.7. The number of aryl methyl sites for hydroxylation is 3. The van der Waals surface area contributed by atoms with E-state index in [0.717, 1.165) is 54.2 Å². The van der Waals surface area contributed by atoms with E-state index in [1.54, 1.807) is 0 Å². The molecule has 4 aromatic rings. The van der Waals surface area contributed by atoms with Crippen molar-refractivity contribution >= 4 is 17.1 Å². The molecular weight excluding hydrogens is 388 g/mol. The Kier molecular flexibility index (Phi) is 5.18. The van der Waals surface area contributed by atoms with Crippen LogP contribution < -0.4 is 0 Å². The second kappa shape index (κ2) is 8.13. The maximum absolute atomic E-state index is 12.7. The summed E-state index contributed by atoms with van der Waals surface area (Å²) in [5.41, 5.74) is 6.20. The van der Waals surface area contributed by atoms with Crippen LogP contribution in [0.2, 0.25) is 0 Å². The summed E-state index contributed by atoms with van der Waals surface area (Å²) < 4.78 is 3.83. The van der Waals surface area contributed by atoms with E-state index in [1.807, 2.05) is 26.2 Å². The first-order chi connectivity index (χ1) is 15.1. The van der Waals surface area contributed by atoms with Crippen LogP contribution in [0.5, 0.6) is 0 Å². The van der Waals surface area contributed by atoms with Gasteiger partial charge < -0.3 is 4.90 Å². The van der Waals surface area contributed by atoms with Crippen molar-refractivity contribution < 1.29 is 4.79 Å². The molecule has 3 aromatic heterocycles. The number of aromatic nitrogens is 5. The van der Waals surface area contributed by atoms with Crippen molar-refractivity contribution in [3.63, 3.8) is 0 Å². The molecule has 1 fully saturated rings. The van der Waals surface area contributed by atoms with E-state index < -0.39 is 0 Å². The van der Waals surface area contributed by atoms with Crippen molar-refractivity contribution in [1.29, 1.82) is 0 Å². The van der Waals surface area contributed by atoms with Crippen LogP contribution >= 0.6 is 0 Å². The number of amides is 1. The Bertz CT molecular complexity index is 1250. The number of hydrogen-bond donors (Lipinski definition) is 0. The van der Waals surface area contributed by atoms with Gasteiger partial charge >= 0.3 is 0 Å². The Balaban J connectivity index is 1.40. The van der Waals surface area contributed by atoms with Gasteiger partial charge in [-0.05, 0) is 49.9 Å². The summed E-state index contributed by atoms with van der Waals surface area (Å²) in [5.74, 6) is 1.04. The molecule has 0 atom stereocenters. The van der Waals surface area contributed by atoms with E-state index in [9.17, 15) is 4.79 Å². The highest BCUT2D eigenvalue weighted by Gasteiger charge is 2.18. The summed E-state index contributed by atoms with van der Waals surface area (Å²) >= 11 is 0. The van der Waals surface area contributed by atoms with Crippen LogP contribution in [0.25, 0.3) is 22.4 Å². The molecule has 0 N–H and O–H groups in total. The van der Waals surface area contributed by atoms with Gasteiger partial charge in [-0.25, -0.2) is 4.52 Å². The molecule has 160 valence electrons. The number of carbonyl (C=O) groups excluding carboxylic acids is 1. The summed E-state index contributed by atoms with van der Waals surface area (Å²) in [6, 6.07) is 8.45. The molecule has 1 aromatic carbocycles. The predicted octanol–water partition coefficient (Wildman–Crippen LogP) is 4.00. The number of nitrogens with zero attached hydrogens (tertiary/aromatic N) is 6. The predicted molar refractivity (Wildman–Crippen MR) is 120 cm³/mol. The van der Waals surface area contributed by atoms with E-state index in [0.29, 0.717) is 12.8 Å². The monoisotopic (exact) mass is 416 g/mol. The third kappa shape index (κ3) is 3.80. The van der Waals surface area contributed by atoms with Gasteiger partial charge in [0.15, 0.2) is 5.65 Å². The molecule has 1 aliphatic heterocycles. The van der Waals surface area contributed by atoms with Crippen molar-refractivity contribution in [2.24, 2.45) is 0 Å². The standard InChI is InChI=1S/C24H28N6O/c1-17-7-8-19(15-18(17)2)20-16-21-24-26-25-22(29(24)13-14-30(21)27-20)9-10-23(31)28-11-5-3-4-6-12-28/h7-8,13-16H,3-6,9-12H2,1-2H3. The molecule has 0 bridgehead atoms. The van der Waals surface area contributed by atoms with Crippen LogP contribution in [0.3, 0.4) is 0 Å². The van der Waals surface area contributed by atoms with Gasteiger partial charge in [0.1, 0.15) is 11.3 Å².